The Balaban J connectivity index is 1.83. The van der Waals surface area contributed by atoms with Crippen LogP contribution >= 0.6 is 22.9 Å². The van der Waals surface area contributed by atoms with Gasteiger partial charge in [-0.2, -0.15) is 0 Å². The third-order valence-electron chi connectivity index (χ3n) is 3.32. The lowest BCUT2D eigenvalue weighted by atomic mass is 10.1. The van der Waals surface area contributed by atoms with Crippen molar-refractivity contribution in [1.82, 2.24) is 10.3 Å². The molecule has 1 N–H and O–H groups in total. The number of carbonyl (C=O) groups excluding carboxylic acids is 2. The number of imide groups is 1. The molecule has 0 bridgehead atoms. The summed E-state index contributed by atoms with van der Waals surface area (Å²) in [4.78, 5) is 27.0. The van der Waals surface area contributed by atoms with Gasteiger partial charge in [-0.3, -0.25) is 14.9 Å². The normalized spacial score (nSPS) is 10.8. The first-order valence-corrected chi connectivity index (χ1v) is 8.52. The highest BCUT2D eigenvalue weighted by molar-refractivity contribution is 7.18. The summed E-state index contributed by atoms with van der Waals surface area (Å²) in [5.74, 6) is -4.51. The fourth-order valence-corrected chi connectivity index (χ4v) is 3.25. The van der Waals surface area contributed by atoms with Gasteiger partial charge in [-0.25, -0.2) is 13.8 Å². The quantitative estimate of drug-likeness (QED) is 0.721. The number of carbonyl (C=O) groups is 2. The number of fused-ring (bicyclic) bond motifs is 1. The highest BCUT2D eigenvalue weighted by atomic mass is 35.5. The van der Waals surface area contributed by atoms with E-state index in [-0.39, 0.29) is 12.4 Å². The molecule has 1 heterocycles. The molecule has 0 atom stereocenters. The smallest absolute Gasteiger partial charge is 0.263 e. The minimum Gasteiger partial charge on any atom is -0.483 e. The van der Waals surface area contributed by atoms with E-state index in [1.54, 1.807) is 12.1 Å². The molecule has 5 nitrogen and oxygen atoms in total. The largest absolute Gasteiger partial charge is 0.483 e. The molecule has 26 heavy (non-hydrogen) atoms. The van der Waals surface area contributed by atoms with E-state index in [1.165, 1.54) is 11.3 Å². The summed E-state index contributed by atoms with van der Waals surface area (Å²) in [5.41, 5.74) is -0.198. The van der Waals surface area contributed by atoms with Crippen molar-refractivity contribution in [2.45, 2.75) is 13.5 Å². The third-order valence-corrected chi connectivity index (χ3v) is 4.56. The van der Waals surface area contributed by atoms with Crippen molar-refractivity contribution in [1.29, 1.82) is 0 Å². The maximum absolute atomic E-state index is 14.4. The predicted octanol–water partition coefficient (Wildman–Crippen LogP) is 4.08. The molecule has 0 fully saturated rings. The van der Waals surface area contributed by atoms with E-state index in [1.807, 2.05) is 11.4 Å². The van der Waals surface area contributed by atoms with Gasteiger partial charge in [0.05, 0.1) is 10.2 Å². The first kappa shape index (κ1) is 18.2. The van der Waals surface area contributed by atoms with Crippen molar-refractivity contribution in [3.8, 4) is 5.75 Å². The SMILES string of the molecule is CC(=O)NC(=O)c1c(F)ccc(OCc2nc3cc(Cl)ccc3s2)c1F. The summed E-state index contributed by atoms with van der Waals surface area (Å²) in [7, 11) is 0. The molecule has 1 aromatic heterocycles. The molecule has 0 spiro atoms. The molecule has 0 saturated heterocycles. The Morgan fingerprint density at radius 3 is 2.77 bits per heavy atom. The molecule has 134 valence electrons. The second-order valence-electron chi connectivity index (χ2n) is 5.25. The van der Waals surface area contributed by atoms with Crippen LogP contribution in [0.3, 0.4) is 0 Å². The molecule has 2 amide bonds. The highest BCUT2D eigenvalue weighted by Crippen LogP contribution is 2.28. The zero-order chi connectivity index (χ0) is 18.8. The number of thiazole rings is 1. The topological polar surface area (TPSA) is 68.3 Å². The second kappa shape index (κ2) is 7.35. The molecule has 0 aliphatic carbocycles. The molecule has 0 aliphatic rings. The number of nitrogens with zero attached hydrogens (tertiary/aromatic N) is 1. The summed E-state index contributed by atoms with van der Waals surface area (Å²) >= 11 is 7.24. The Labute approximate surface area is 155 Å². The van der Waals surface area contributed by atoms with Crippen molar-refractivity contribution >= 4 is 45.0 Å². The molecule has 3 rings (SSSR count). The summed E-state index contributed by atoms with van der Waals surface area (Å²) in [6.45, 7) is 0.987. The number of halogens is 3. The van der Waals surface area contributed by atoms with Crippen LogP contribution in [0.15, 0.2) is 30.3 Å². The average molecular weight is 397 g/mol. The molecule has 0 unspecified atom stereocenters. The summed E-state index contributed by atoms with van der Waals surface area (Å²) in [6.07, 6.45) is 0. The second-order valence-corrected chi connectivity index (χ2v) is 6.80. The Morgan fingerprint density at radius 2 is 2.04 bits per heavy atom. The first-order chi connectivity index (χ1) is 12.3. The van der Waals surface area contributed by atoms with Gasteiger partial charge < -0.3 is 4.74 Å². The van der Waals surface area contributed by atoms with E-state index < -0.39 is 29.0 Å². The zero-order valence-corrected chi connectivity index (χ0v) is 14.9. The fourth-order valence-electron chi connectivity index (χ4n) is 2.22. The van der Waals surface area contributed by atoms with Crippen LogP contribution in [0.4, 0.5) is 8.78 Å². The number of nitrogens with one attached hydrogen (secondary N) is 1. The Hall–Kier alpha value is -2.58. The molecule has 9 heteroatoms. The minimum absolute atomic E-state index is 0.0761. The number of hydrogen-bond acceptors (Lipinski definition) is 5. The lowest BCUT2D eigenvalue weighted by molar-refractivity contribution is -0.118. The van der Waals surface area contributed by atoms with Gasteiger partial charge in [0.15, 0.2) is 11.6 Å². The monoisotopic (exact) mass is 396 g/mol. The molecule has 0 aliphatic heterocycles. The van der Waals surface area contributed by atoms with Gasteiger partial charge >= 0.3 is 0 Å². The van der Waals surface area contributed by atoms with Gasteiger partial charge in [0.1, 0.15) is 23.0 Å². The molecule has 0 radical (unpaired) electrons. The van der Waals surface area contributed by atoms with E-state index in [2.05, 4.69) is 4.98 Å². The lowest BCUT2D eigenvalue weighted by Crippen LogP contribution is -2.29. The summed E-state index contributed by atoms with van der Waals surface area (Å²) in [6, 6.07) is 7.19. The van der Waals surface area contributed by atoms with Crippen LogP contribution in [0.1, 0.15) is 22.3 Å². The van der Waals surface area contributed by atoms with E-state index in [4.69, 9.17) is 16.3 Å². The Morgan fingerprint density at radius 1 is 1.27 bits per heavy atom. The van der Waals surface area contributed by atoms with Crippen LogP contribution in [0, 0.1) is 11.6 Å². The van der Waals surface area contributed by atoms with Crippen molar-refractivity contribution in [2.75, 3.05) is 0 Å². The van der Waals surface area contributed by atoms with Gasteiger partial charge in [-0.15, -0.1) is 11.3 Å². The van der Waals surface area contributed by atoms with E-state index in [0.29, 0.717) is 15.5 Å². The average Bonchev–Trinajstić information content (AvgIpc) is 2.95. The van der Waals surface area contributed by atoms with Gasteiger partial charge in [-0.05, 0) is 30.3 Å². The molecular weight excluding hydrogens is 386 g/mol. The molecule has 0 saturated carbocycles. The van der Waals surface area contributed by atoms with Crippen LogP contribution in [-0.4, -0.2) is 16.8 Å². The minimum atomic E-state index is -1.19. The first-order valence-electron chi connectivity index (χ1n) is 7.33. The van der Waals surface area contributed by atoms with Crippen molar-refractivity contribution in [3.63, 3.8) is 0 Å². The van der Waals surface area contributed by atoms with E-state index in [9.17, 15) is 18.4 Å². The number of rotatable bonds is 4. The van der Waals surface area contributed by atoms with E-state index in [0.717, 1.165) is 23.8 Å². The lowest BCUT2D eigenvalue weighted by Gasteiger charge is -2.09. The molecule has 2 aromatic carbocycles. The van der Waals surface area contributed by atoms with Gasteiger partial charge in [0, 0.05) is 11.9 Å². The number of ether oxygens (including phenoxy) is 1. The number of hydrogen-bond donors (Lipinski definition) is 1. The maximum Gasteiger partial charge on any atom is 0.263 e. The standard InChI is InChI=1S/C17H11ClF2N2O3S/c1-8(23)21-17(24)15-10(19)3-4-12(16(15)20)25-7-14-22-11-6-9(18)2-5-13(11)26-14/h2-6H,7H2,1H3,(H,21,23,24). The van der Waals surface area contributed by atoms with Crippen LogP contribution in [0.25, 0.3) is 10.2 Å². The Kier molecular flexibility index (Phi) is 5.15. The molecular formula is C17H11ClF2N2O3S. The predicted molar refractivity (Wildman–Crippen MR) is 93.5 cm³/mol. The van der Waals surface area contributed by atoms with Gasteiger partial charge in [-0.1, -0.05) is 11.6 Å². The number of amides is 2. The zero-order valence-electron chi connectivity index (χ0n) is 13.3. The van der Waals surface area contributed by atoms with Gasteiger partial charge in [0.25, 0.3) is 5.91 Å². The van der Waals surface area contributed by atoms with Crippen molar-refractivity contribution in [2.24, 2.45) is 0 Å². The Bertz CT molecular complexity index is 1020. The number of benzene rings is 2. The van der Waals surface area contributed by atoms with Gasteiger partial charge in [0.2, 0.25) is 5.91 Å². The number of aromatic nitrogens is 1. The van der Waals surface area contributed by atoms with Crippen LogP contribution in [0.2, 0.25) is 5.02 Å². The molecule has 3 aromatic rings. The highest BCUT2D eigenvalue weighted by Gasteiger charge is 2.22. The van der Waals surface area contributed by atoms with Crippen LogP contribution < -0.4 is 10.1 Å². The summed E-state index contributed by atoms with van der Waals surface area (Å²) < 4.78 is 34.4. The van der Waals surface area contributed by atoms with Crippen molar-refractivity contribution in [3.05, 3.63) is 57.6 Å². The third kappa shape index (κ3) is 3.81. The van der Waals surface area contributed by atoms with Crippen molar-refractivity contribution < 1.29 is 23.1 Å². The fraction of sp³-hybridized carbons (Fsp3) is 0.118. The van der Waals surface area contributed by atoms with Crippen LogP contribution in [0.5, 0.6) is 5.75 Å². The maximum atomic E-state index is 14.4. The van der Waals surface area contributed by atoms with E-state index >= 15 is 0 Å². The summed E-state index contributed by atoms with van der Waals surface area (Å²) in [5, 5.41) is 2.93. The van der Waals surface area contributed by atoms with Crippen LogP contribution in [-0.2, 0) is 11.4 Å².